The number of nitro groups is 1. The Bertz CT molecular complexity index is 734. The molecule has 0 amide bonds. The Hall–Kier alpha value is -2.31. The molecule has 2 rings (SSSR count). The zero-order chi connectivity index (χ0) is 15.6. The number of carboxylic acids is 1. The molecule has 0 saturated heterocycles. The Labute approximate surface area is 129 Å². The van der Waals surface area contributed by atoms with Crippen molar-refractivity contribution in [3.8, 4) is 0 Å². The van der Waals surface area contributed by atoms with Gasteiger partial charge in [0.25, 0.3) is 5.69 Å². The summed E-state index contributed by atoms with van der Waals surface area (Å²) >= 11 is 11.7. The number of hydrogen-bond acceptors (Lipinski definition) is 4. The van der Waals surface area contributed by atoms with Crippen molar-refractivity contribution < 1.29 is 14.8 Å². The van der Waals surface area contributed by atoms with Crippen LogP contribution in [-0.2, 0) is 0 Å². The van der Waals surface area contributed by atoms with Crippen LogP contribution in [0.4, 0.5) is 17.1 Å². The summed E-state index contributed by atoms with van der Waals surface area (Å²) in [5.41, 5.74) is 0.0956. The van der Waals surface area contributed by atoms with Crippen LogP contribution < -0.4 is 5.32 Å². The highest BCUT2D eigenvalue weighted by molar-refractivity contribution is 6.42. The molecular formula is C13H8Cl2N2O4. The largest absolute Gasteiger partial charge is 0.477 e. The Morgan fingerprint density at radius 1 is 1.10 bits per heavy atom. The van der Waals surface area contributed by atoms with Crippen molar-refractivity contribution in [1.82, 2.24) is 0 Å². The number of carbonyl (C=O) groups is 1. The Kier molecular flexibility index (Phi) is 4.30. The summed E-state index contributed by atoms with van der Waals surface area (Å²) in [7, 11) is 0. The predicted molar refractivity (Wildman–Crippen MR) is 79.8 cm³/mol. The number of halogens is 2. The third-order valence-electron chi connectivity index (χ3n) is 2.63. The summed E-state index contributed by atoms with van der Waals surface area (Å²) in [5.74, 6) is -1.38. The number of nitrogens with one attached hydrogen (secondary N) is 1. The highest BCUT2D eigenvalue weighted by Crippen LogP contribution is 2.29. The van der Waals surface area contributed by atoms with E-state index >= 15 is 0 Å². The topological polar surface area (TPSA) is 92.5 Å². The Morgan fingerprint density at radius 3 is 2.29 bits per heavy atom. The van der Waals surface area contributed by atoms with E-state index in [1.807, 2.05) is 0 Å². The van der Waals surface area contributed by atoms with Crippen molar-refractivity contribution in [2.45, 2.75) is 0 Å². The molecule has 0 atom stereocenters. The molecular weight excluding hydrogens is 319 g/mol. The number of rotatable bonds is 4. The van der Waals surface area contributed by atoms with Crippen molar-refractivity contribution in [3.05, 3.63) is 62.1 Å². The highest BCUT2D eigenvalue weighted by Gasteiger charge is 2.20. The van der Waals surface area contributed by atoms with Crippen molar-refractivity contribution in [2.75, 3.05) is 5.32 Å². The maximum Gasteiger partial charge on any atom is 0.342 e. The number of nitro benzene ring substituents is 1. The summed E-state index contributed by atoms with van der Waals surface area (Å²) in [6.45, 7) is 0. The lowest BCUT2D eigenvalue weighted by molar-refractivity contribution is -0.385. The van der Waals surface area contributed by atoms with Gasteiger partial charge in [-0.05, 0) is 30.3 Å². The van der Waals surface area contributed by atoms with Gasteiger partial charge in [-0.15, -0.1) is 0 Å². The van der Waals surface area contributed by atoms with Gasteiger partial charge in [-0.3, -0.25) is 10.1 Å². The van der Waals surface area contributed by atoms with Crippen LogP contribution in [0.2, 0.25) is 10.0 Å². The number of hydrogen-bond donors (Lipinski definition) is 2. The van der Waals surface area contributed by atoms with Gasteiger partial charge in [0.2, 0.25) is 0 Å². The van der Waals surface area contributed by atoms with E-state index in [2.05, 4.69) is 5.32 Å². The molecule has 0 spiro atoms. The van der Waals surface area contributed by atoms with Crippen molar-refractivity contribution in [1.29, 1.82) is 0 Å². The van der Waals surface area contributed by atoms with Crippen LogP contribution in [0.25, 0.3) is 0 Å². The molecule has 0 fully saturated rings. The van der Waals surface area contributed by atoms with Crippen LogP contribution in [0.5, 0.6) is 0 Å². The van der Waals surface area contributed by atoms with E-state index in [0.717, 1.165) is 6.07 Å². The van der Waals surface area contributed by atoms with Crippen molar-refractivity contribution in [2.24, 2.45) is 0 Å². The molecule has 2 aromatic rings. The van der Waals surface area contributed by atoms with Gasteiger partial charge in [0.15, 0.2) is 0 Å². The monoisotopic (exact) mass is 326 g/mol. The predicted octanol–water partition coefficient (Wildman–Crippen LogP) is 4.34. The fraction of sp³-hybridized carbons (Fsp3) is 0. The summed E-state index contributed by atoms with van der Waals surface area (Å²) in [6.07, 6.45) is 0. The number of carboxylic acid groups (broad SMARTS) is 1. The molecule has 0 radical (unpaired) electrons. The van der Waals surface area contributed by atoms with Crippen LogP contribution in [0.3, 0.4) is 0 Å². The molecule has 0 unspecified atom stereocenters. The molecule has 0 aromatic heterocycles. The van der Waals surface area contributed by atoms with Crippen molar-refractivity contribution >= 4 is 46.2 Å². The second-order valence-corrected chi connectivity index (χ2v) is 4.86. The fourth-order valence-electron chi connectivity index (χ4n) is 1.68. The number of benzene rings is 2. The number of nitrogens with zero attached hydrogens (tertiary/aromatic N) is 1. The minimum Gasteiger partial charge on any atom is -0.477 e. The first-order valence-electron chi connectivity index (χ1n) is 5.62. The first kappa shape index (κ1) is 15.1. The summed E-state index contributed by atoms with van der Waals surface area (Å²) < 4.78 is 0. The maximum absolute atomic E-state index is 11.1. The summed E-state index contributed by atoms with van der Waals surface area (Å²) in [6, 6.07) is 8.51. The molecule has 0 aliphatic rings. The van der Waals surface area contributed by atoms with Gasteiger partial charge < -0.3 is 10.4 Å². The molecule has 0 aliphatic heterocycles. The third kappa shape index (κ3) is 3.42. The quantitative estimate of drug-likeness (QED) is 0.643. The maximum atomic E-state index is 11.1. The number of anilines is 2. The molecule has 6 nitrogen and oxygen atoms in total. The normalized spacial score (nSPS) is 10.2. The second kappa shape index (κ2) is 5.99. The van der Waals surface area contributed by atoms with E-state index < -0.39 is 22.1 Å². The molecule has 0 aliphatic carbocycles. The number of aromatic carboxylic acids is 1. The van der Waals surface area contributed by atoms with Gasteiger partial charge >= 0.3 is 5.97 Å². The molecule has 0 heterocycles. The molecule has 0 bridgehead atoms. The Morgan fingerprint density at radius 2 is 1.71 bits per heavy atom. The molecule has 108 valence electrons. The van der Waals surface area contributed by atoms with Gasteiger partial charge in [0.1, 0.15) is 5.56 Å². The minimum absolute atomic E-state index is 0.335. The standard InChI is InChI=1S/C13H8Cl2N2O4/c14-10-3-1-8(6-11(10)15)16-7-2-4-12(17(20)21)9(5-7)13(18)19/h1-6,16H,(H,18,19). The second-order valence-electron chi connectivity index (χ2n) is 4.05. The molecule has 21 heavy (non-hydrogen) atoms. The van der Waals surface area contributed by atoms with Crippen LogP contribution in [0.1, 0.15) is 10.4 Å². The van der Waals surface area contributed by atoms with Crippen LogP contribution in [0.15, 0.2) is 36.4 Å². The van der Waals surface area contributed by atoms with Gasteiger partial charge in [0.05, 0.1) is 15.0 Å². The first-order chi connectivity index (χ1) is 9.88. The highest BCUT2D eigenvalue weighted by atomic mass is 35.5. The first-order valence-corrected chi connectivity index (χ1v) is 6.38. The van der Waals surface area contributed by atoms with Gasteiger partial charge in [-0.2, -0.15) is 0 Å². The van der Waals surface area contributed by atoms with Gasteiger partial charge in [-0.1, -0.05) is 23.2 Å². The van der Waals surface area contributed by atoms with Crippen LogP contribution in [0, 0.1) is 10.1 Å². The molecule has 2 N–H and O–H groups in total. The lowest BCUT2D eigenvalue weighted by Crippen LogP contribution is -2.03. The summed E-state index contributed by atoms with van der Waals surface area (Å²) in [5, 5.41) is 23.4. The molecule has 8 heteroatoms. The average molecular weight is 327 g/mol. The van der Waals surface area contributed by atoms with E-state index in [-0.39, 0.29) is 0 Å². The lowest BCUT2D eigenvalue weighted by atomic mass is 10.1. The van der Waals surface area contributed by atoms with E-state index in [4.69, 9.17) is 28.3 Å². The van der Waals surface area contributed by atoms with E-state index in [1.165, 1.54) is 12.1 Å². The van der Waals surface area contributed by atoms with E-state index in [0.29, 0.717) is 21.4 Å². The third-order valence-corrected chi connectivity index (χ3v) is 3.37. The SMILES string of the molecule is O=C(O)c1cc(Nc2ccc(Cl)c(Cl)c2)ccc1[N+](=O)[O-]. The van der Waals surface area contributed by atoms with Crippen LogP contribution >= 0.6 is 23.2 Å². The smallest absolute Gasteiger partial charge is 0.342 e. The fourth-order valence-corrected chi connectivity index (χ4v) is 1.98. The Balaban J connectivity index is 2.36. The minimum atomic E-state index is -1.38. The summed E-state index contributed by atoms with van der Waals surface area (Å²) in [4.78, 5) is 21.1. The van der Waals surface area contributed by atoms with Gasteiger partial charge in [-0.25, -0.2) is 4.79 Å². The van der Waals surface area contributed by atoms with E-state index in [9.17, 15) is 14.9 Å². The lowest BCUT2D eigenvalue weighted by Gasteiger charge is -2.08. The van der Waals surface area contributed by atoms with Crippen molar-refractivity contribution in [3.63, 3.8) is 0 Å². The van der Waals surface area contributed by atoms with E-state index in [1.54, 1.807) is 18.2 Å². The molecule has 0 saturated carbocycles. The van der Waals surface area contributed by atoms with Crippen LogP contribution in [-0.4, -0.2) is 16.0 Å². The zero-order valence-electron chi connectivity index (χ0n) is 10.3. The molecule has 2 aromatic carbocycles. The van der Waals surface area contributed by atoms with Gasteiger partial charge in [0, 0.05) is 17.4 Å². The zero-order valence-corrected chi connectivity index (χ0v) is 11.9. The average Bonchev–Trinajstić information content (AvgIpc) is 2.42.